The van der Waals surface area contributed by atoms with Gasteiger partial charge in [-0.25, -0.2) is 0 Å². The molecular weight excluding hydrogens is 290 g/mol. The Hall–Kier alpha value is -2.56. The lowest BCUT2D eigenvalue weighted by molar-refractivity contribution is 0.0914. The van der Waals surface area contributed by atoms with Crippen LogP contribution in [0.1, 0.15) is 54.5 Å². The van der Waals surface area contributed by atoms with E-state index in [4.69, 9.17) is 4.42 Å². The molecule has 0 aliphatic rings. The summed E-state index contributed by atoms with van der Waals surface area (Å²) in [7, 11) is 0. The normalized spacial score (nSPS) is 12.7. The minimum Gasteiger partial charge on any atom is -0.451 e. The Morgan fingerprint density at radius 2 is 2.09 bits per heavy atom. The van der Waals surface area contributed by atoms with Crippen molar-refractivity contribution in [3.63, 3.8) is 0 Å². The zero-order chi connectivity index (χ0) is 16.6. The average molecular weight is 311 g/mol. The SMILES string of the molecule is Cc1cccc2oc(C(=O)NC(C)c3cnn(C(C)C)c3)cc12. The Labute approximate surface area is 135 Å². The molecule has 2 aromatic heterocycles. The highest BCUT2D eigenvalue weighted by Crippen LogP contribution is 2.23. The molecule has 0 aliphatic carbocycles. The number of benzene rings is 1. The maximum atomic E-state index is 12.4. The van der Waals surface area contributed by atoms with E-state index in [9.17, 15) is 4.79 Å². The van der Waals surface area contributed by atoms with E-state index in [0.717, 1.165) is 22.1 Å². The summed E-state index contributed by atoms with van der Waals surface area (Å²) < 4.78 is 7.54. The van der Waals surface area contributed by atoms with Gasteiger partial charge in [-0.05, 0) is 45.4 Å². The lowest BCUT2D eigenvalue weighted by Gasteiger charge is -2.11. The molecule has 0 saturated heterocycles. The van der Waals surface area contributed by atoms with Gasteiger partial charge in [0.15, 0.2) is 5.76 Å². The molecule has 0 fully saturated rings. The average Bonchev–Trinajstić information content (AvgIpc) is 3.15. The summed E-state index contributed by atoms with van der Waals surface area (Å²) in [6, 6.07) is 7.75. The fraction of sp³-hybridized carbons (Fsp3) is 0.333. The van der Waals surface area contributed by atoms with Crippen LogP contribution in [0.25, 0.3) is 11.0 Å². The summed E-state index contributed by atoms with van der Waals surface area (Å²) in [5, 5.41) is 8.23. The molecule has 0 radical (unpaired) electrons. The van der Waals surface area contributed by atoms with Gasteiger partial charge in [0.25, 0.3) is 5.91 Å². The number of rotatable bonds is 4. The molecule has 23 heavy (non-hydrogen) atoms. The maximum Gasteiger partial charge on any atom is 0.287 e. The fourth-order valence-corrected chi connectivity index (χ4v) is 2.53. The van der Waals surface area contributed by atoms with E-state index in [-0.39, 0.29) is 11.9 Å². The largest absolute Gasteiger partial charge is 0.451 e. The topological polar surface area (TPSA) is 60.1 Å². The molecule has 1 N–H and O–H groups in total. The van der Waals surface area contributed by atoms with E-state index in [0.29, 0.717) is 11.8 Å². The molecular formula is C18H21N3O2. The number of furan rings is 1. The van der Waals surface area contributed by atoms with E-state index in [1.165, 1.54) is 0 Å². The highest BCUT2D eigenvalue weighted by atomic mass is 16.3. The second kappa shape index (κ2) is 5.91. The lowest BCUT2D eigenvalue weighted by atomic mass is 10.1. The standard InChI is InChI=1S/C18H21N3O2/c1-11(2)21-10-14(9-19-21)13(4)20-18(22)17-8-15-12(3)6-5-7-16(15)23-17/h5-11,13H,1-4H3,(H,20,22). The van der Waals surface area contributed by atoms with Gasteiger partial charge in [0.05, 0.1) is 12.2 Å². The minimum atomic E-state index is -0.217. The number of hydrogen-bond donors (Lipinski definition) is 1. The van der Waals surface area contributed by atoms with Crippen LogP contribution < -0.4 is 5.32 Å². The van der Waals surface area contributed by atoms with E-state index in [2.05, 4.69) is 24.3 Å². The van der Waals surface area contributed by atoms with Gasteiger partial charge >= 0.3 is 0 Å². The number of carbonyl (C=O) groups is 1. The van der Waals surface area contributed by atoms with Crippen LogP contribution in [-0.2, 0) is 0 Å². The summed E-state index contributed by atoms with van der Waals surface area (Å²) in [5.74, 6) is 0.114. The lowest BCUT2D eigenvalue weighted by Crippen LogP contribution is -2.26. The van der Waals surface area contributed by atoms with Crippen molar-refractivity contribution in [1.82, 2.24) is 15.1 Å². The van der Waals surface area contributed by atoms with Crippen LogP contribution in [0, 0.1) is 6.92 Å². The first-order chi connectivity index (χ1) is 11.0. The third kappa shape index (κ3) is 2.99. The third-order valence-corrected chi connectivity index (χ3v) is 4.00. The summed E-state index contributed by atoms with van der Waals surface area (Å²) in [4.78, 5) is 12.4. The number of aromatic nitrogens is 2. The smallest absolute Gasteiger partial charge is 0.287 e. The molecule has 0 bridgehead atoms. The monoisotopic (exact) mass is 311 g/mol. The Morgan fingerprint density at radius 1 is 1.30 bits per heavy atom. The molecule has 2 heterocycles. The van der Waals surface area contributed by atoms with Crippen molar-refractivity contribution in [2.24, 2.45) is 0 Å². The van der Waals surface area contributed by atoms with Crippen LogP contribution in [0.3, 0.4) is 0 Å². The van der Waals surface area contributed by atoms with E-state index in [1.54, 1.807) is 12.3 Å². The predicted octanol–water partition coefficient (Wildman–Crippen LogP) is 4.01. The molecule has 3 rings (SSSR count). The minimum absolute atomic E-state index is 0.135. The number of nitrogens with one attached hydrogen (secondary N) is 1. The number of hydrogen-bond acceptors (Lipinski definition) is 3. The summed E-state index contributed by atoms with van der Waals surface area (Å²) >= 11 is 0. The van der Waals surface area contributed by atoms with Crippen LogP contribution in [0.4, 0.5) is 0 Å². The second-order valence-electron chi connectivity index (χ2n) is 6.14. The molecule has 3 aromatic rings. The quantitative estimate of drug-likeness (QED) is 0.792. The number of carbonyl (C=O) groups excluding carboxylic acids is 1. The maximum absolute atomic E-state index is 12.4. The highest BCUT2D eigenvalue weighted by molar-refractivity contribution is 5.97. The molecule has 1 atom stereocenters. The van der Waals surface area contributed by atoms with Gasteiger partial charge in [0.2, 0.25) is 0 Å². The number of nitrogens with zero attached hydrogens (tertiary/aromatic N) is 2. The van der Waals surface area contributed by atoms with Crippen molar-refractivity contribution < 1.29 is 9.21 Å². The van der Waals surface area contributed by atoms with Gasteiger partial charge in [0.1, 0.15) is 5.58 Å². The van der Waals surface area contributed by atoms with Crippen molar-refractivity contribution in [3.05, 3.63) is 53.5 Å². The second-order valence-corrected chi connectivity index (χ2v) is 6.14. The number of fused-ring (bicyclic) bond motifs is 1. The van der Waals surface area contributed by atoms with E-state index >= 15 is 0 Å². The molecule has 5 nitrogen and oxygen atoms in total. The van der Waals surface area contributed by atoms with E-state index < -0.39 is 0 Å². The molecule has 0 aliphatic heterocycles. The van der Waals surface area contributed by atoms with Crippen LogP contribution in [-0.4, -0.2) is 15.7 Å². The first-order valence-electron chi connectivity index (χ1n) is 7.80. The van der Waals surface area contributed by atoms with Crippen molar-refractivity contribution in [2.45, 2.75) is 39.8 Å². The highest BCUT2D eigenvalue weighted by Gasteiger charge is 2.17. The van der Waals surface area contributed by atoms with Crippen molar-refractivity contribution in [2.75, 3.05) is 0 Å². The third-order valence-electron chi connectivity index (χ3n) is 4.00. The molecule has 0 spiro atoms. The molecule has 1 amide bonds. The molecule has 5 heteroatoms. The van der Waals surface area contributed by atoms with Gasteiger partial charge in [-0.2, -0.15) is 5.10 Å². The summed E-state index contributed by atoms with van der Waals surface area (Å²) in [6.45, 7) is 8.07. The van der Waals surface area contributed by atoms with Gasteiger partial charge in [0, 0.05) is 23.2 Å². The van der Waals surface area contributed by atoms with Gasteiger partial charge in [-0.15, -0.1) is 0 Å². The number of aryl methyl sites for hydroxylation is 1. The van der Waals surface area contributed by atoms with Crippen LogP contribution in [0.15, 0.2) is 41.1 Å². The zero-order valence-corrected chi connectivity index (χ0v) is 13.8. The first kappa shape index (κ1) is 15.3. The number of amides is 1. The van der Waals surface area contributed by atoms with Crippen molar-refractivity contribution >= 4 is 16.9 Å². The molecule has 1 aromatic carbocycles. The Balaban J connectivity index is 1.78. The van der Waals surface area contributed by atoms with Crippen LogP contribution >= 0.6 is 0 Å². The van der Waals surface area contributed by atoms with Gasteiger partial charge in [-0.3, -0.25) is 9.48 Å². The van der Waals surface area contributed by atoms with Crippen LogP contribution in [0.5, 0.6) is 0 Å². The van der Waals surface area contributed by atoms with Gasteiger partial charge < -0.3 is 9.73 Å². The Kier molecular flexibility index (Phi) is 3.94. The predicted molar refractivity (Wildman–Crippen MR) is 89.4 cm³/mol. The molecule has 1 unspecified atom stereocenters. The zero-order valence-electron chi connectivity index (χ0n) is 13.8. The van der Waals surface area contributed by atoms with Gasteiger partial charge in [-0.1, -0.05) is 12.1 Å². The van der Waals surface area contributed by atoms with E-state index in [1.807, 2.05) is 42.9 Å². The molecule has 120 valence electrons. The Morgan fingerprint density at radius 3 is 2.74 bits per heavy atom. The fourth-order valence-electron chi connectivity index (χ4n) is 2.53. The first-order valence-corrected chi connectivity index (χ1v) is 7.80. The van der Waals surface area contributed by atoms with Crippen molar-refractivity contribution in [3.8, 4) is 0 Å². The van der Waals surface area contributed by atoms with Crippen LogP contribution in [0.2, 0.25) is 0 Å². The summed E-state index contributed by atoms with van der Waals surface area (Å²) in [6.07, 6.45) is 3.74. The molecule has 0 saturated carbocycles. The summed E-state index contributed by atoms with van der Waals surface area (Å²) in [5.41, 5.74) is 2.80. The van der Waals surface area contributed by atoms with Crippen molar-refractivity contribution in [1.29, 1.82) is 0 Å². The Bertz CT molecular complexity index is 845.